The molecule has 98 valence electrons. The summed E-state index contributed by atoms with van der Waals surface area (Å²) in [7, 11) is 0. The number of halogens is 2. The summed E-state index contributed by atoms with van der Waals surface area (Å²) in [5, 5.41) is 3.57. The Kier molecular flexibility index (Phi) is 3.43. The zero-order chi connectivity index (χ0) is 13.2. The molecule has 1 nitrogen and oxygen atoms in total. The normalized spacial score (nSPS) is 21.8. The maximum atomic E-state index is 13.1. The van der Waals surface area contributed by atoms with E-state index in [-0.39, 0.29) is 10.8 Å². The number of rotatable bonds is 3. The molecule has 0 saturated heterocycles. The number of hydrogen-bond acceptors (Lipinski definition) is 1. The molecule has 0 radical (unpaired) electrons. The number of nitrogens with one attached hydrogen (secondary N) is 1. The monoisotopic (exact) mass is 275 g/mol. The van der Waals surface area contributed by atoms with Gasteiger partial charge in [-0.2, -0.15) is 0 Å². The van der Waals surface area contributed by atoms with E-state index in [9.17, 15) is 4.39 Å². The van der Waals surface area contributed by atoms with Gasteiger partial charge in [0.1, 0.15) is 5.82 Å². The van der Waals surface area contributed by atoms with Crippen molar-refractivity contribution in [2.75, 3.05) is 5.32 Å². The first-order chi connectivity index (χ1) is 9.22. The van der Waals surface area contributed by atoms with Crippen LogP contribution in [0.2, 0.25) is 5.02 Å². The summed E-state index contributed by atoms with van der Waals surface area (Å²) < 4.78 is 13.1. The van der Waals surface area contributed by atoms with E-state index in [0.29, 0.717) is 12.0 Å². The summed E-state index contributed by atoms with van der Waals surface area (Å²) >= 11 is 5.77. The fourth-order valence-electron chi connectivity index (χ4n) is 2.55. The van der Waals surface area contributed by atoms with Gasteiger partial charge in [0.05, 0.1) is 5.02 Å². The van der Waals surface area contributed by atoms with Crippen LogP contribution in [0.1, 0.15) is 24.3 Å². The minimum Gasteiger partial charge on any atom is -0.382 e. The first-order valence-electron chi connectivity index (χ1n) is 6.49. The third kappa shape index (κ3) is 2.74. The molecule has 1 aliphatic carbocycles. The Morgan fingerprint density at radius 2 is 1.79 bits per heavy atom. The van der Waals surface area contributed by atoms with Gasteiger partial charge in [0, 0.05) is 11.7 Å². The molecule has 0 amide bonds. The Balaban J connectivity index is 1.58. The first kappa shape index (κ1) is 12.5. The Hall–Kier alpha value is -1.54. The van der Waals surface area contributed by atoms with Gasteiger partial charge in [0.15, 0.2) is 0 Å². The van der Waals surface area contributed by atoms with Gasteiger partial charge in [0.2, 0.25) is 0 Å². The van der Waals surface area contributed by atoms with Gasteiger partial charge in [-0.1, -0.05) is 41.9 Å². The SMILES string of the molecule is Fc1ccc(NC2CC(c3ccccc3)C2)cc1Cl. The summed E-state index contributed by atoms with van der Waals surface area (Å²) in [4.78, 5) is 0. The van der Waals surface area contributed by atoms with E-state index in [1.807, 2.05) is 6.07 Å². The summed E-state index contributed by atoms with van der Waals surface area (Å²) in [5.74, 6) is 0.262. The minimum absolute atomic E-state index is 0.170. The van der Waals surface area contributed by atoms with E-state index in [2.05, 4.69) is 29.6 Å². The van der Waals surface area contributed by atoms with Crippen LogP contribution < -0.4 is 5.32 Å². The molecule has 19 heavy (non-hydrogen) atoms. The third-order valence-corrected chi connectivity index (χ3v) is 3.99. The van der Waals surface area contributed by atoms with Crippen LogP contribution in [0.5, 0.6) is 0 Å². The molecule has 1 aliphatic rings. The number of hydrogen-bond donors (Lipinski definition) is 1. The predicted molar refractivity (Wildman–Crippen MR) is 77.2 cm³/mol. The van der Waals surface area contributed by atoms with Crippen LogP contribution in [0.15, 0.2) is 48.5 Å². The molecular formula is C16H15ClFN. The van der Waals surface area contributed by atoms with Crippen LogP contribution in [-0.2, 0) is 0 Å². The van der Waals surface area contributed by atoms with Gasteiger partial charge in [-0.05, 0) is 42.5 Å². The number of benzene rings is 2. The summed E-state index contributed by atoms with van der Waals surface area (Å²) in [6, 6.07) is 15.8. The van der Waals surface area contributed by atoms with Crippen molar-refractivity contribution < 1.29 is 4.39 Å². The van der Waals surface area contributed by atoms with Crippen molar-refractivity contribution in [2.45, 2.75) is 24.8 Å². The lowest BCUT2D eigenvalue weighted by atomic mass is 9.76. The van der Waals surface area contributed by atoms with Crippen molar-refractivity contribution in [1.29, 1.82) is 0 Å². The van der Waals surface area contributed by atoms with E-state index in [0.717, 1.165) is 18.5 Å². The van der Waals surface area contributed by atoms with Crippen LogP contribution in [0, 0.1) is 5.82 Å². The quantitative estimate of drug-likeness (QED) is 0.845. The van der Waals surface area contributed by atoms with Gasteiger partial charge < -0.3 is 5.32 Å². The predicted octanol–water partition coefficient (Wildman–Crippen LogP) is 4.84. The highest BCUT2D eigenvalue weighted by atomic mass is 35.5. The lowest BCUT2D eigenvalue weighted by Gasteiger charge is -2.37. The third-order valence-electron chi connectivity index (χ3n) is 3.70. The zero-order valence-electron chi connectivity index (χ0n) is 10.4. The van der Waals surface area contributed by atoms with Gasteiger partial charge in [-0.15, -0.1) is 0 Å². The second-order valence-electron chi connectivity index (χ2n) is 5.05. The van der Waals surface area contributed by atoms with E-state index in [1.165, 1.54) is 11.6 Å². The highest BCUT2D eigenvalue weighted by Crippen LogP contribution is 2.38. The highest BCUT2D eigenvalue weighted by Gasteiger charge is 2.29. The van der Waals surface area contributed by atoms with Gasteiger partial charge >= 0.3 is 0 Å². The molecule has 3 rings (SSSR count). The van der Waals surface area contributed by atoms with Crippen LogP contribution in [0.3, 0.4) is 0 Å². The summed E-state index contributed by atoms with van der Waals surface area (Å²) in [6.07, 6.45) is 2.22. The van der Waals surface area contributed by atoms with Crippen molar-refractivity contribution in [3.05, 3.63) is 64.9 Å². The molecule has 0 aliphatic heterocycles. The molecule has 2 aromatic carbocycles. The first-order valence-corrected chi connectivity index (χ1v) is 6.86. The zero-order valence-corrected chi connectivity index (χ0v) is 11.2. The Labute approximate surface area is 117 Å². The topological polar surface area (TPSA) is 12.0 Å². The van der Waals surface area contributed by atoms with E-state index < -0.39 is 0 Å². The van der Waals surface area contributed by atoms with Crippen molar-refractivity contribution in [2.24, 2.45) is 0 Å². The molecule has 0 bridgehead atoms. The molecule has 0 spiro atoms. The van der Waals surface area contributed by atoms with Crippen LogP contribution in [0.4, 0.5) is 10.1 Å². The van der Waals surface area contributed by atoms with Crippen molar-refractivity contribution >= 4 is 17.3 Å². The number of anilines is 1. The molecule has 1 fully saturated rings. The lowest BCUT2D eigenvalue weighted by molar-refractivity contribution is 0.374. The van der Waals surface area contributed by atoms with Crippen LogP contribution >= 0.6 is 11.6 Å². The lowest BCUT2D eigenvalue weighted by Crippen LogP contribution is -2.33. The van der Waals surface area contributed by atoms with Crippen molar-refractivity contribution in [3.63, 3.8) is 0 Å². The van der Waals surface area contributed by atoms with E-state index >= 15 is 0 Å². The van der Waals surface area contributed by atoms with Gasteiger partial charge in [-0.25, -0.2) is 4.39 Å². The molecular weight excluding hydrogens is 261 g/mol. The highest BCUT2D eigenvalue weighted by molar-refractivity contribution is 6.31. The maximum Gasteiger partial charge on any atom is 0.141 e. The van der Waals surface area contributed by atoms with E-state index in [4.69, 9.17) is 11.6 Å². The molecule has 0 aromatic heterocycles. The minimum atomic E-state index is -0.372. The second-order valence-corrected chi connectivity index (χ2v) is 5.46. The Morgan fingerprint density at radius 3 is 2.47 bits per heavy atom. The largest absolute Gasteiger partial charge is 0.382 e. The fourth-order valence-corrected chi connectivity index (χ4v) is 2.74. The van der Waals surface area contributed by atoms with Crippen molar-refractivity contribution in [1.82, 2.24) is 0 Å². The molecule has 1 saturated carbocycles. The van der Waals surface area contributed by atoms with E-state index in [1.54, 1.807) is 12.1 Å². The van der Waals surface area contributed by atoms with Gasteiger partial charge in [-0.3, -0.25) is 0 Å². The Bertz CT molecular complexity index is 564. The molecule has 3 heteroatoms. The smallest absolute Gasteiger partial charge is 0.141 e. The fraction of sp³-hybridized carbons (Fsp3) is 0.250. The molecule has 1 N–H and O–H groups in total. The molecule has 0 atom stereocenters. The van der Waals surface area contributed by atoms with Crippen LogP contribution in [-0.4, -0.2) is 6.04 Å². The molecule has 2 aromatic rings. The summed E-state index contributed by atoms with van der Waals surface area (Å²) in [5.41, 5.74) is 2.29. The van der Waals surface area contributed by atoms with Crippen LogP contribution in [0.25, 0.3) is 0 Å². The Morgan fingerprint density at radius 1 is 1.05 bits per heavy atom. The molecule has 0 unspecified atom stereocenters. The average molecular weight is 276 g/mol. The standard InChI is InChI=1S/C16H15ClFN/c17-15-10-13(6-7-16(15)18)19-14-8-12(9-14)11-4-2-1-3-5-11/h1-7,10,12,14,19H,8-9H2. The second kappa shape index (κ2) is 5.22. The average Bonchev–Trinajstić information content (AvgIpc) is 2.38. The van der Waals surface area contributed by atoms with Crippen molar-refractivity contribution in [3.8, 4) is 0 Å². The van der Waals surface area contributed by atoms with Gasteiger partial charge in [0.25, 0.3) is 0 Å². The molecule has 0 heterocycles. The maximum absolute atomic E-state index is 13.1. The summed E-state index contributed by atoms with van der Waals surface area (Å²) in [6.45, 7) is 0.